The van der Waals surface area contributed by atoms with Crippen molar-refractivity contribution in [1.82, 2.24) is 5.32 Å². The second kappa shape index (κ2) is 4.87. The fourth-order valence-corrected chi connectivity index (χ4v) is 4.38. The molecule has 5 nitrogen and oxygen atoms in total. The lowest BCUT2D eigenvalue weighted by atomic mass is 10.1. The van der Waals surface area contributed by atoms with E-state index in [4.69, 9.17) is 4.42 Å². The fourth-order valence-electron chi connectivity index (χ4n) is 2.71. The van der Waals surface area contributed by atoms with Crippen molar-refractivity contribution in [2.45, 2.75) is 26.3 Å². The average molecular weight is 307 g/mol. The van der Waals surface area contributed by atoms with E-state index in [1.807, 2.05) is 32.0 Å². The van der Waals surface area contributed by atoms with Crippen LogP contribution in [0, 0.1) is 13.8 Å². The SMILES string of the molecule is Cc1ccc2c(C)c(C(=O)NC3CCS(=O)(=O)C3)oc2c1. The molecule has 1 unspecified atom stereocenters. The number of hydrogen-bond donors (Lipinski definition) is 1. The number of carbonyl (C=O) groups excluding carboxylic acids is 1. The smallest absolute Gasteiger partial charge is 0.287 e. The quantitative estimate of drug-likeness (QED) is 0.920. The minimum atomic E-state index is -3.01. The summed E-state index contributed by atoms with van der Waals surface area (Å²) in [6.45, 7) is 3.79. The number of aryl methyl sites for hydroxylation is 2. The van der Waals surface area contributed by atoms with Gasteiger partial charge in [0, 0.05) is 17.0 Å². The zero-order chi connectivity index (χ0) is 15.2. The molecule has 3 rings (SSSR count). The molecule has 112 valence electrons. The van der Waals surface area contributed by atoms with Crippen LogP contribution >= 0.6 is 0 Å². The molecular weight excluding hydrogens is 290 g/mol. The van der Waals surface area contributed by atoms with Gasteiger partial charge < -0.3 is 9.73 Å². The summed E-state index contributed by atoms with van der Waals surface area (Å²) in [4.78, 5) is 12.3. The van der Waals surface area contributed by atoms with Crippen LogP contribution < -0.4 is 5.32 Å². The van der Waals surface area contributed by atoms with E-state index in [2.05, 4.69) is 5.32 Å². The van der Waals surface area contributed by atoms with Crippen molar-refractivity contribution < 1.29 is 17.6 Å². The van der Waals surface area contributed by atoms with Gasteiger partial charge in [0.25, 0.3) is 5.91 Å². The summed E-state index contributed by atoms with van der Waals surface area (Å²) in [7, 11) is -3.01. The van der Waals surface area contributed by atoms with E-state index in [0.717, 1.165) is 16.5 Å². The maximum atomic E-state index is 12.3. The zero-order valence-electron chi connectivity index (χ0n) is 12.0. The zero-order valence-corrected chi connectivity index (χ0v) is 12.8. The van der Waals surface area contributed by atoms with E-state index in [-0.39, 0.29) is 29.2 Å². The van der Waals surface area contributed by atoms with Gasteiger partial charge in [0.1, 0.15) is 5.58 Å². The number of rotatable bonds is 2. The molecule has 1 aromatic heterocycles. The molecule has 1 fully saturated rings. The highest BCUT2D eigenvalue weighted by atomic mass is 32.2. The standard InChI is InChI=1S/C15H17NO4S/c1-9-3-4-12-10(2)14(20-13(12)7-9)15(17)16-11-5-6-21(18,19)8-11/h3-4,7,11H,5-6,8H2,1-2H3,(H,16,17). The molecule has 21 heavy (non-hydrogen) atoms. The van der Waals surface area contributed by atoms with Gasteiger partial charge in [-0.05, 0) is 31.9 Å². The maximum absolute atomic E-state index is 12.3. The third-order valence-corrected chi connectivity index (χ3v) is 5.64. The van der Waals surface area contributed by atoms with E-state index in [9.17, 15) is 13.2 Å². The Labute approximate surface area is 123 Å². The molecule has 1 N–H and O–H groups in total. The average Bonchev–Trinajstić information content (AvgIpc) is 2.90. The van der Waals surface area contributed by atoms with E-state index >= 15 is 0 Å². The molecule has 2 heterocycles. The highest BCUT2D eigenvalue weighted by molar-refractivity contribution is 7.91. The van der Waals surface area contributed by atoms with Gasteiger partial charge in [0.05, 0.1) is 11.5 Å². The summed E-state index contributed by atoms with van der Waals surface area (Å²) in [6.07, 6.45) is 0.465. The Morgan fingerprint density at radius 3 is 2.76 bits per heavy atom. The number of amides is 1. The molecule has 1 aromatic carbocycles. The van der Waals surface area contributed by atoms with Crippen LogP contribution in [0.25, 0.3) is 11.0 Å². The van der Waals surface area contributed by atoms with Gasteiger partial charge in [-0.2, -0.15) is 0 Å². The molecule has 1 saturated heterocycles. The normalized spacial score (nSPS) is 20.8. The summed E-state index contributed by atoms with van der Waals surface area (Å²) in [6, 6.07) is 5.46. The Bertz CT molecular complexity index is 820. The van der Waals surface area contributed by atoms with E-state index in [1.165, 1.54) is 0 Å². The van der Waals surface area contributed by atoms with Crippen LogP contribution in [0.4, 0.5) is 0 Å². The maximum Gasteiger partial charge on any atom is 0.287 e. The van der Waals surface area contributed by atoms with E-state index in [1.54, 1.807) is 0 Å². The second-order valence-electron chi connectivity index (χ2n) is 5.63. The molecule has 1 aliphatic rings. The first kappa shape index (κ1) is 14.1. The van der Waals surface area contributed by atoms with Crippen molar-refractivity contribution in [2.75, 3.05) is 11.5 Å². The predicted octanol–water partition coefficient (Wildman–Crippen LogP) is 1.97. The van der Waals surface area contributed by atoms with Crippen LogP contribution in [-0.4, -0.2) is 31.9 Å². The van der Waals surface area contributed by atoms with E-state index in [0.29, 0.717) is 12.0 Å². The van der Waals surface area contributed by atoms with Crippen LogP contribution in [-0.2, 0) is 9.84 Å². The highest BCUT2D eigenvalue weighted by Crippen LogP contribution is 2.26. The highest BCUT2D eigenvalue weighted by Gasteiger charge is 2.30. The van der Waals surface area contributed by atoms with Crippen molar-refractivity contribution >= 4 is 26.7 Å². The number of carbonyl (C=O) groups is 1. The number of hydrogen-bond acceptors (Lipinski definition) is 4. The Morgan fingerprint density at radius 2 is 2.10 bits per heavy atom. The van der Waals surface area contributed by atoms with Crippen molar-refractivity contribution in [2.24, 2.45) is 0 Å². The molecule has 1 atom stereocenters. The van der Waals surface area contributed by atoms with Crippen LogP contribution in [0.3, 0.4) is 0 Å². The first-order valence-electron chi connectivity index (χ1n) is 6.87. The molecule has 0 spiro atoms. The third kappa shape index (κ3) is 2.68. The van der Waals surface area contributed by atoms with Crippen molar-refractivity contribution in [3.05, 3.63) is 35.1 Å². The Kier molecular flexibility index (Phi) is 3.28. The molecule has 1 amide bonds. The molecule has 2 aromatic rings. The van der Waals surface area contributed by atoms with Crippen LogP contribution in [0.2, 0.25) is 0 Å². The Balaban J connectivity index is 1.87. The second-order valence-corrected chi connectivity index (χ2v) is 7.86. The van der Waals surface area contributed by atoms with Crippen molar-refractivity contribution in [3.8, 4) is 0 Å². The van der Waals surface area contributed by atoms with Crippen molar-refractivity contribution in [1.29, 1.82) is 0 Å². The number of benzene rings is 1. The van der Waals surface area contributed by atoms with Gasteiger partial charge in [0.2, 0.25) is 0 Å². The summed E-state index contributed by atoms with van der Waals surface area (Å²) < 4.78 is 28.5. The predicted molar refractivity (Wildman–Crippen MR) is 80.2 cm³/mol. The Hall–Kier alpha value is -1.82. The lowest BCUT2D eigenvalue weighted by molar-refractivity contribution is 0.0914. The largest absolute Gasteiger partial charge is 0.451 e. The molecule has 0 radical (unpaired) electrons. The first-order chi connectivity index (χ1) is 9.85. The summed E-state index contributed by atoms with van der Waals surface area (Å²) in [5.41, 5.74) is 2.52. The van der Waals surface area contributed by atoms with Crippen molar-refractivity contribution in [3.63, 3.8) is 0 Å². The van der Waals surface area contributed by atoms with Gasteiger partial charge in [-0.3, -0.25) is 4.79 Å². The van der Waals surface area contributed by atoms with Crippen LogP contribution in [0.1, 0.15) is 28.1 Å². The number of furan rings is 1. The monoisotopic (exact) mass is 307 g/mol. The molecule has 0 saturated carbocycles. The summed E-state index contributed by atoms with van der Waals surface area (Å²) in [5.74, 6) is 0.0660. The third-order valence-electron chi connectivity index (χ3n) is 3.87. The van der Waals surface area contributed by atoms with E-state index < -0.39 is 9.84 Å². The number of sulfone groups is 1. The number of nitrogens with one attached hydrogen (secondary N) is 1. The topological polar surface area (TPSA) is 76.4 Å². The molecule has 6 heteroatoms. The summed E-state index contributed by atoms with van der Waals surface area (Å²) in [5, 5.41) is 3.66. The van der Waals surface area contributed by atoms with Gasteiger partial charge in [0.15, 0.2) is 15.6 Å². The molecular formula is C15H17NO4S. The van der Waals surface area contributed by atoms with Crippen LogP contribution in [0.5, 0.6) is 0 Å². The van der Waals surface area contributed by atoms with Gasteiger partial charge in [-0.1, -0.05) is 12.1 Å². The lowest BCUT2D eigenvalue weighted by Gasteiger charge is -2.09. The fraction of sp³-hybridized carbons (Fsp3) is 0.400. The minimum absolute atomic E-state index is 0.0110. The van der Waals surface area contributed by atoms with Gasteiger partial charge >= 0.3 is 0 Å². The molecule has 1 aliphatic heterocycles. The lowest BCUT2D eigenvalue weighted by Crippen LogP contribution is -2.35. The number of fused-ring (bicyclic) bond motifs is 1. The van der Waals surface area contributed by atoms with Gasteiger partial charge in [-0.25, -0.2) is 8.42 Å². The summed E-state index contributed by atoms with van der Waals surface area (Å²) >= 11 is 0. The molecule has 0 aliphatic carbocycles. The Morgan fingerprint density at radius 1 is 1.33 bits per heavy atom. The van der Waals surface area contributed by atoms with Crippen LogP contribution in [0.15, 0.2) is 22.6 Å². The minimum Gasteiger partial charge on any atom is -0.451 e. The first-order valence-corrected chi connectivity index (χ1v) is 8.69. The molecule has 0 bridgehead atoms. The van der Waals surface area contributed by atoms with Gasteiger partial charge in [-0.15, -0.1) is 0 Å².